The van der Waals surface area contributed by atoms with Crippen molar-refractivity contribution in [2.75, 3.05) is 19.4 Å². The molecule has 1 aliphatic rings. The monoisotopic (exact) mass is 290 g/mol. The largest absolute Gasteiger partial charge is 0.383 e. The second kappa shape index (κ2) is 5.68. The lowest BCUT2D eigenvalue weighted by molar-refractivity contribution is -0.114. The summed E-state index contributed by atoms with van der Waals surface area (Å²) in [5.74, 6) is -0.862. The van der Waals surface area contributed by atoms with E-state index in [4.69, 9.17) is 0 Å². The van der Waals surface area contributed by atoms with Gasteiger partial charge in [0.05, 0.1) is 5.69 Å². The van der Waals surface area contributed by atoms with Gasteiger partial charge in [0, 0.05) is 38.4 Å². The second-order valence-electron chi connectivity index (χ2n) is 5.51. The van der Waals surface area contributed by atoms with Gasteiger partial charge in [-0.3, -0.25) is 9.59 Å². The maximum Gasteiger partial charge on any atom is 0.221 e. The van der Waals surface area contributed by atoms with Gasteiger partial charge in [-0.25, -0.2) is 4.39 Å². The molecular weight excluding hydrogens is 271 g/mol. The summed E-state index contributed by atoms with van der Waals surface area (Å²) in [6.45, 7) is 3.01. The van der Waals surface area contributed by atoms with Crippen molar-refractivity contribution in [3.05, 3.63) is 40.3 Å². The number of ketones is 1. The fourth-order valence-electron chi connectivity index (χ4n) is 2.63. The van der Waals surface area contributed by atoms with Gasteiger partial charge >= 0.3 is 0 Å². The molecule has 0 fully saturated rings. The molecule has 1 aromatic carbocycles. The van der Waals surface area contributed by atoms with E-state index in [0.29, 0.717) is 35.1 Å². The van der Waals surface area contributed by atoms with E-state index in [1.54, 1.807) is 13.1 Å². The lowest BCUT2D eigenvalue weighted by atomic mass is 9.83. The summed E-state index contributed by atoms with van der Waals surface area (Å²) in [5, 5.41) is 2.56. The molecular formula is C16H19FN2O2. The van der Waals surface area contributed by atoms with E-state index < -0.39 is 5.82 Å². The maximum atomic E-state index is 14.0. The van der Waals surface area contributed by atoms with Gasteiger partial charge in [-0.2, -0.15) is 0 Å². The molecule has 4 nitrogen and oxygen atoms in total. The van der Waals surface area contributed by atoms with Crippen LogP contribution in [0.15, 0.2) is 17.8 Å². The van der Waals surface area contributed by atoms with Crippen LogP contribution in [0, 0.1) is 12.7 Å². The minimum absolute atomic E-state index is 0.142. The van der Waals surface area contributed by atoms with Crippen molar-refractivity contribution in [2.45, 2.75) is 26.7 Å². The molecule has 112 valence electrons. The smallest absolute Gasteiger partial charge is 0.221 e. The van der Waals surface area contributed by atoms with E-state index in [9.17, 15) is 14.0 Å². The molecule has 1 aromatic rings. The molecule has 0 unspecified atom stereocenters. The first-order valence-corrected chi connectivity index (χ1v) is 6.82. The zero-order valence-electron chi connectivity index (χ0n) is 12.7. The molecule has 1 aliphatic carbocycles. The normalized spacial score (nSPS) is 15.9. The van der Waals surface area contributed by atoms with Gasteiger partial charge in [-0.1, -0.05) is 0 Å². The Bertz CT molecular complexity index is 648. The topological polar surface area (TPSA) is 49.4 Å². The highest BCUT2D eigenvalue weighted by Crippen LogP contribution is 2.34. The fraction of sp³-hybridized carbons (Fsp3) is 0.375. The summed E-state index contributed by atoms with van der Waals surface area (Å²) in [7, 11) is 3.70. The SMILES string of the molecule is CC(=O)Nc1cc(F)c(C)c2c1C(=O)/C(=C/N(C)C)CC2. The number of hydrogen-bond donors (Lipinski definition) is 1. The molecule has 0 spiro atoms. The maximum absolute atomic E-state index is 14.0. The van der Waals surface area contributed by atoms with E-state index in [-0.39, 0.29) is 17.4 Å². The molecule has 21 heavy (non-hydrogen) atoms. The van der Waals surface area contributed by atoms with Crippen molar-refractivity contribution < 1.29 is 14.0 Å². The third kappa shape index (κ3) is 2.96. The molecule has 0 radical (unpaired) electrons. The molecule has 0 saturated heterocycles. The Labute approximate surface area is 123 Å². The number of carbonyl (C=O) groups is 2. The first kappa shape index (κ1) is 15.2. The van der Waals surface area contributed by atoms with Gasteiger partial charge in [0.2, 0.25) is 5.91 Å². The molecule has 0 atom stereocenters. The number of nitrogens with zero attached hydrogens (tertiary/aromatic N) is 1. The molecule has 0 heterocycles. The highest BCUT2D eigenvalue weighted by atomic mass is 19.1. The zero-order chi connectivity index (χ0) is 15.7. The number of carbonyl (C=O) groups excluding carboxylic acids is 2. The average Bonchev–Trinajstić information content (AvgIpc) is 2.37. The lowest BCUT2D eigenvalue weighted by Gasteiger charge is -2.24. The van der Waals surface area contributed by atoms with Gasteiger partial charge in [-0.05, 0) is 37.0 Å². The van der Waals surface area contributed by atoms with Crippen LogP contribution in [0.4, 0.5) is 10.1 Å². The summed E-state index contributed by atoms with van der Waals surface area (Å²) < 4.78 is 14.0. The van der Waals surface area contributed by atoms with Crippen LogP contribution in [-0.4, -0.2) is 30.7 Å². The molecule has 0 aliphatic heterocycles. The highest BCUT2D eigenvalue weighted by molar-refractivity contribution is 6.15. The number of halogens is 1. The van der Waals surface area contributed by atoms with E-state index >= 15 is 0 Å². The third-order valence-corrected chi connectivity index (χ3v) is 3.54. The van der Waals surface area contributed by atoms with Crippen molar-refractivity contribution >= 4 is 17.4 Å². The molecule has 0 saturated carbocycles. The minimum atomic E-state index is -0.398. The van der Waals surface area contributed by atoms with Gasteiger partial charge in [0.25, 0.3) is 0 Å². The standard InChI is InChI=1S/C16H19FN2O2/c1-9-12-6-5-11(8-19(3)4)16(21)15(12)14(7-13(9)17)18-10(2)20/h7-8H,5-6H2,1-4H3,(H,18,20)/b11-8+. The molecule has 2 rings (SSSR count). The van der Waals surface area contributed by atoms with Crippen LogP contribution in [0.25, 0.3) is 0 Å². The van der Waals surface area contributed by atoms with Crippen LogP contribution in [0.3, 0.4) is 0 Å². The first-order valence-electron chi connectivity index (χ1n) is 6.82. The summed E-state index contributed by atoms with van der Waals surface area (Å²) in [4.78, 5) is 25.8. The van der Waals surface area contributed by atoms with Crippen molar-refractivity contribution in [2.24, 2.45) is 0 Å². The molecule has 1 amide bonds. The molecule has 0 bridgehead atoms. The predicted octanol–water partition coefficient (Wildman–Crippen LogP) is 2.67. The molecule has 5 heteroatoms. The van der Waals surface area contributed by atoms with Crippen LogP contribution >= 0.6 is 0 Å². The Kier molecular flexibility index (Phi) is 4.11. The lowest BCUT2D eigenvalue weighted by Crippen LogP contribution is -2.22. The van der Waals surface area contributed by atoms with E-state index in [1.165, 1.54) is 13.0 Å². The number of anilines is 1. The summed E-state index contributed by atoms with van der Waals surface area (Å²) in [6, 6.07) is 1.23. The quantitative estimate of drug-likeness (QED) is 0.852. The van der Waals surface area contributed by atoms with Crippen molar-refractivity contribution in [3.63, 3.8) is 0 Å². The van der Waals surface area contributed by atoms with Crippen LogP contribution < -0.4 is 5.32 Å². The van der Waals surface area contributed by atoms with Crippen LogP contribution in [-0.2, 0) is 11.2 Å². The summed E-state index contributed by atoms with van der Waals surface area (Å²) >= 11 is 0. The number of rotatable bonds is 2. The predicted molar refractivity (Wildman–Crippen MR) is 79.9 cm³/mol. The number of Topliss-reactive ketones (excluding diaryl/α,β-unsaturated/α-hetero) is 1. The van der Waals surface area contributed by atoms with Crippen molar-refractivity contribution in [1.82, 2.24) is 4.90 Å². The second-order valence-corrected chi connectivity index (χ2v) is 5.51. The third-order valence-electron chi connectivity index (χ3n) is 3.54. The van der Waals surface area contributed by atoms with Gasteiger partial charge in [0.1, 0.15) is 5.82 Å². The molecule has 0 aromatic heterocycles. The van der Waals surface area contributed by atoms with Gasteiger partial charge in [-0.15, -0.1) is 0 Å². The zero-order valence-corrected chi connectivity index (χ0v) is 12.7. The Morgan fingerprint density at radius 1 is 1.38 bits per heavy atom. The van der Waals surface area contributed by atoms with Crippen molar-refractivity contribution in [3.8, 4) is 0 Å². The highest BCUT2D eigenvalue weighted by Gasteiger charge is 2.28. The van der Waals surface area contributed by atoms with Crippen LogP contribution in [0.2, 0.25) is 0 Å². The number of hydrogen-bond acceptors (Lipinski definition) is 3. The summed E-state index contributed by atoms with van der Waals surface area (Å²) in [5.41, 5.74) is 2.53. The van der Waals surface area contributed by atoms with E-state index in [0.717, 1.165) is 0 Å². The number of allylic oxidation sites excluding steroid dienone is 1. The fourth-order valence-corrected chi connectivity index (χ4v) is 2.63. The number of amides is 1. The Morgan fingerprint density at radius 3 is 2.62 bits per heavy atom. The molecule has 1 N–H and O–H groups in total. The van der Waals surface area contributed by atoms with Crippen LogP contribution in [0.5, 0.6) is 0 Å². The number of nitrogens with one attached hydrogen (secondary N) is 1. The van der Waals surface area contributed by atoms with E-state index in [2.05, 4.69) is 5.32 Å². The minimum Gasteiger partial charge on any atom is -0.383 e. The van der Waals surface area contributed by atoms with Gasteiger partial charge < -0.3 is 10.2 Å². The Balaban J connectivity index is 2.61. The number of fused-ring (bicyclic) bond motifs is 1. The summed E-state index contributed by atoms with van der Waals surface area (Å²) in [6.07, 6.45) is 2.95. The Hall–Kier alpha value is -2.17. The Morgan fingerprint density at radius 2 is 2.05 bits per heavy atom. The average molecular weight is 290 g/mol. The number of benzene rings is 1. The first-order chi connectivity index (χ1) is 9.81. The van der Waals surface area contributed by atoms with E-state index in [1.807, 2.05) is 19.0 Å². The van der Waals surface area contributed by atoms with Crippen molar-refractivity contribution in [1.29, 1.82) is 0 Å². The van der Waals surface area contributed by atoms with Gasteiger partial charge in [0.15, 0.2) is 5.78 Å². The van der Waals surface area contributed by atoms with Crippen LogP contribution in [0.1, 0.15) is 34.8 Å².